The molecule has 1 aliphatic carbocycles. The van der Waals surface area contributed by atoms with Gasteiger partial charge in [0, 0.05) is 43.8 Å². The third-order valence-corrected chi connectivity index (χ3v) is 6.98. The van der Waals surface area contributed by atoms with Gasteiger partial charge in [-0.05, 0) is 36.6 Å². The Hall–Kier alpha value is -3.40. The van der Waals surface area contributed by atoms with Crippen LogP contribution in [0.15, 0.2) is 49.2 Å². The summed E-state index contributed by atoms with van der Waals surface area (Å²) in [5.74, 6) is -1.70. The standard InChI is InChI=1S/C23H23F4N5O5S/c1-28-38(35,36)37-20-8-15(7-19(20)33)31-22-16(9-29-12-30-22)21(34)14-4-5-32(11-14)10-13-2-3-18(24)17(6-13)23(25,26)27/h2-6,9,11-12,15,19-20,28,33H,7-8,10H2,1H3,(H,29,30,31)/t15-,19+,20-/m1/s1. The normalized spacial score (nSPS) is 20.0. The van der Waals surface area contributed by atoms with Crippen LogP contribution in [-0.2, 0) is 27.2 Å². The maximum Gasteiger partial charge on any atom is 0.419 e. The first-order valence-corrected chi connectivity index (χ1v) is 12.7. The molecule has 15 heteroatoms. The van der Waals surface area contributed by atoms with E-state index in [-0.39, 0.29) is 41.9 Å². The molecule has 0 radical (unpaired) electrons. The van der Waals surface area contributed by atoms with Gasteiger partial charge in [-0.3, -0.25) is 8.98 Å². The minimum absolute atomic E-state index is 0.0378. The van der Waals surface area contributed by atoms with Crippen LogP contribution in [0.3, 0.4) is 0 Å². The van der Waals surface area contributed by atoms with Crippen LogP contribution in [0.2, 0.25) is 0 Å². The number of carbonyl (C=O) groups is 1. The number of halogens is 4. The van der Waals surface area contributed by atoms with Crippen LogP contribution in [0.5, 0.6) is 0 Å². The number of alkyl halides is 3. The summed E-state index contributed by atoms with van der Waals surface area (Å²) in [5, 5.41) is 13.2. The lowest BCUT2D eigenvalue weighted by Crippen LogP contribution is -2.31. The molecule has 0 saturated heterocycles. The number of aromatic nitrogens is 3. The lowest BCUT2D eigenvalue weighted by Gasteiger charge is -2.15. The first kappa shape index (κ1) is 27.6. The highest BCUT2D eigenvalue weighted by Gasteiger charge is 2.37. The predicted molar refractivity (Wildman–Crippen MR) is 126 cm³/mol. The minimum atomic E-state index is -4.84. The number of aliphatic hydroxyl groups is 1. The molecule has 4 rings (SSSR count). The maximum absolute atomic E-state index is 13.6. The molecule has 204 valence electrons. The molecule has 0 unspecified atom stereocenters. The summed E-state index contributed by atoms with van der Waals surface area (Å²) in [5.41, 5.74) is -0.888. The highest BCUT2D eigenvalue weighted by atomic mass is 32.2. The van der Waals surface area contributed by atoms with Crippen molar-refractivity contribution in [2.24, 2.45) is 0 Å². The number of nitrogens with one attached hydrogen (secondary N) is 2. The van der Waals surface area contributed by atoms with Crippen molar-refractivity contribution in [3.8, 4) is 0 Å². The Morgan fingerprint density at radius 1 is 1.26 bits per heavy atom. The first-order valence-electron chi connectivity index (χ1n) is 11.3. The summed E-state index contributed by atoms with van der Waals surface area (Å²) in [6, 6.07) is 3.71. The second-order valence-electron chi connectivity index (χ2n) is 8.67. The molecule has 0 bridgehead atoms. The van der Waals surface area contributed by atoms with Gasteiger partial charge < -0.3 is 15.0 Å². The number of aliphatic hydroxyl groups excluding tert-OH is 1. The minimum Gasteiger partial charge on any atom is -0.390 e. The van der Waals surface area contributed by atoms with Crippen LogP contribution in [0.1, 0.15) is 39.9 Å². The van der Waals surface area contributed by atoms with Crippen LogP contribution in [-0.4, -0.2) is 59.1 Å². The first-order chi connectivity index (χ1) is 17.9. The van der Waals surface area contributed by atoms with Crippen molar-refractivity contribution in [2.45, 2.75) is 43.8 Å². The van der Waals surface area contributed by atoms with Gasteiger partial charge in [-0.25, -0.2) is 14.4 Å². The van der Waals surface area contributed by atoms with E-state index in [0.717, 1.165) is 12.1 Å². The Kier molecular flexibility index (Phi) is 7.83. The summed E-state index contributed by atoms with van der Waals surface area (Å²) in [6.45, 7) is -0.0378. The molecule has 1 aliphatic rings. The highest BCUT2D eigenvalue weighted by Crippen LogP contribution is 2.32. The van der Waals surface area contributed by atoms with Crippen molar-refractivity contribution in [2.75, 3.05) is 12.4 Å². The van der Waals surface area contributed by atoms with E-state index in [4.69, 9.17) is 4.18 Å². The van der Waals surface area contributed by atoms with Gasteiger partial charge in [0.25, 0.3) is 0 Å². The summed E-state index contributed by atoms with van der Waals surface area (Å²) in [4.78, 5) is 21.2. The van der Waals surface area contributed by atoms with Crippen LogP contribution in [0.25, 0.3) is 0 Å². The molecule has 0 aliphatic heterocycles. The number of benzene rings is 1. The van der Waals surface area contributed by atoms with Crippen molar-refractivity contribution in [3.05, 3.63) is 77.3 Å². The van der Waals surface area contributed by atoms with E-state index >= 15 is 0 Å². The Morgan fingerprint density at radius 3 is 2.74 bits per heavy atom. The van der Waals surface area contributed by atoms with E-state index in [1.165, 1.54) is 48.7 Å². The molecule has 0 amide bonds. The summed E-state index contributed by atoms with van der Waals surface area (Å²) in [6.07, 6.45) is -1.23. The average Bonchev–Trinajstić information content (AvgIpc) is 3.45. The lowest BCUT2D eigenvalue weighted by atomic mass is 10.1. The van der Waals surface area contributed by atoms with Crippen LogP contribution < -0.4 is 10.0 Å². The monoisotopic (exact) mass is 557 g/mol. The smallest absolute Gasteiger partial charge is 0.390 e. The van der Waals surface area contributed by atoms with Crippen molar-refractivity contribution >= 4 is 21.9 Å². The SMILES string of the molecule is CNS(=O)(=O)O[C@@H]1C[C@H](Nc2ncncc2C(=O)c2ccn(Cc3ccc(F)c(C(F)(F)F)c3)c2)C[C@@H]1O. The fraction of sp³-hybridized carbons (Fsp3) is 0.348. The number of ketones is 1. The highest BCUT2D eigenvalue weighted by molar-refractivity contribution is 7.84. The Morgan fingerprint density at radius 2 is 2.03 bits per heavy atom. The van der Waals surface area contributed by atoms with Crippen molar-refractivity contribution in [1.82, 2.24) is 19.3 Å². The second-order valence-corrected chi connectivity index (χ2v) is 10.2. The van der Waals surface area contributed by atoms with Crippen LogP contribution >= 0.6 is 0 Å². The van der Waals surface area contributed by atoms with Gasteiger partial charge in [0.05, 0.1) is 17.2 Å². The van der Waals surface area contributed by atoms with Crippen molar-refractivity contribution in [3.63, 3.8) is 0 Å². The number of hydrogen-bond donors (Lipinski definition) is 3. The Bertz CT molecular complexity index is 1430. The zero-order valence-electron chi connectivity index (χ0n) is 19.8. The summed E-state index contributed by atoms with van der Waals surface area (Å²) in [7, 11) is -2.84. The number of hydrogen-bond acceptors (Lipinski definition) is 8. The summed E-state index contributed by atoms with van der Waals surface area (Å²) < 4.78 is 84.4. The molecule has 1 fully saturated rings. The number of rotatable bonds is 9. The van der Waals surface area contributed by atoms with E-state index in [1.807, 2.05) is 4.72 Å². The van der Waals surface area contributed by atoms with E-state index in [0.29, 0.717) is 0 Å². The topological polar surface area (TPSA) is 135 Å². The zero-order valence-corrected chi connectivity index (χ0v) is 20.6. The summed E-state index contributed by atoms with van der Waals surface area (Å²) >= 11 is 0. The second kappa shape index (κ2) is 10.8. The molecule has 0 spiro atoms. The lowest BCUT2D eigenvalue weighted by molar-refractivity contribution is -0.140. The van der Waals surface area contributed by atoms with Crippen molar-refractivity contribution in [1.29, 1.82) is 0 Å². The average molecular weight is 558 g/mol. The Labute approximate surface area is 214 Å². The molecule has 1 saturated carbocycles. The molecule has 2 heterocycles. The van der Waals surface area contributed by atoms with Gasteiger partial charge in [-0.15, -0.1) is 0 Å². The molecule has 10 nitrogen and oxygen atoms in total. The molecule has 38 heavy (non-hydrogen) atoms. The fourth-order valence-electron chi connectivity index (χ4n) is 4.14. The third kappa shape index (κ3) is 6.35. The molecule has 1 aromatic carbocycles. The van der Waals surface area contributed by atoms with Crippen LogP contribution in [0, 0.1) is 5.82 Å². The zero-order chi connectivity index (χ0) is 27.7. The molecular formula is C23H23F4N5O5S. The van der Waals surface area contributed by atoms with Gasteiger partial charge >= 0.3 is 16.5 Å². The van der Waals surface area contributed by atoms with E-state index in [2.05, 4.69) is 15.3 Å². The van der Waals surface area contributed by atoms with Gasteiger partial charge in [0.2, 0.25) is 0 Å². The predicted octanol–water partition coefficient (Wildman–Crippen LogP) is 2.50. The van der Waals surface area contributed by atoms with Gasteiger partial charge in [0.15, 0.2) is 5.78 Å². The molecule has 3 aromatic rings. The van der Waals surface area contributed by atoms with Crippen molar-refractivity contribution < 1.29 is 40.1 Å². The van der Waals surface area contributed by atoms with Gasteiger partial charge in [0.1, 0.15) is 24.1 Å². The molecule has 2 aromatic heterocycles. The number of carbonyl (C=O) groups excluding carboxylic acids is 1. The molecule has 3 N–H and O–H groups in total. The maximum atomic E-state index is 13.6. The number of nitrogens with zero attached hydrogens (tertiary/aromatic N) is 3. The Balaban J connectivity index is 1.48. The van der Waals surface area contributed by atoms with Gasteiger partial charge in [-0.2, -0.15) is 26.3 Å². The molecule has 3 atom stereocenters. The quantitative estimate of drug-likeness (QED) is 0.270. The fourth-order valence-corrected chi connectivity index (χ4v) is 4.77. The van der Waals surface area contributed by atoms with Crippen LogP contribution in [0.4, 0.5) is 23.4 Å². The number of anilines is 1. The van der Waals surface area contributed by atoms with E-state index in [9.17, 15) is 35.9 Å². The van der Waals surface area contributed by atoms with E-state index < -0.39 is 51.9 Å². The third-order valence-electron chi connectivity index (χ3n) is 5.98. The molecular weight excluding hydrogens is 534 g/mol. The van der Waals surface area contributed by atoms with E-state index in [1.54, 1.807) is 0 Å². The largest absolute Gasteiger partial charge is 0.419 e. The van der Waals surface area contributed by atoms with Gasteiger partial charge in [-0.1, -0.05) is 6.07 Å².